The molecule has 6 nitrogen and oxygen atoms in total. The molecule has 0 aliphatic carbocycles. The molecule has 0 radical (unpaired) electrons. The number of ether oxygens (including phenoxy) is 2. The Morgan fingerprint density at radius 2 is 1.61 bits per heavy atom. The van der Waals surface area contributed by atoms with Crippen LogP contribution in [0.4, 0.5) is 11.4 Å². The molecule has 0 fully saturated rings. The second kappa shape index (κ2) is 7.92. The summed E-state index contributed by atoms with van der Waals surface area (Å²) in [4.78, 5) is 14.9. The summed E-state index contributed by atoms with van der Waals surface area (Å²) in [6.07, 6.45) is 1.39. The molecular formula is C24H21NO5S. The van der Waals surface area contributed by atoms with Crippen LogP contribution >= 0.6 is 0 Å². The van der Waals surface area contributed by atoms with Crippen molar-refractivity contribution in [3.63, 3.8) is 0 Å². The van der Waals surface area contributed by atoms with Gasteiger partial charge >= 0.3 is 0 Å². The molecule has 1 aliphatic heterocycles. The molecule has 158 valence electrons. The van der Waals surface area contributed by atoms with Crippen molar-refractivity contribution >= 4 is 27.0 Å². The van der Waals surface area contributed by atoms with Crippen molar-refractivity contribution < 1.29 is 22.7 Å². The Hall–Kier alpha value is -3.58. The largest absolute Gasteiger partial charge is 0.493 e. The lowest BCUT2D eigenvalue weighted by molar-refractivity contribution is 0.104. The van der Waals surface area contributed by atoms with Gasteiger partial charge in [-0.05, 0) is 55.0 Å². The second-order valence-corrected chi connectivity index (χ2v) is 8.96. The highest BCUT2D eigenvalue weighted by Gasteiger charge is 2.36. The number of ketones is 1. The summed E-state index contributed by atoms with van der Waals surface area (Å²) < 4.78 is 37.2. The average Bonchev–Trinajstić information content (AvgIpc) is 2.78. The van der Waals surface area contributed by atoms with Gasteiger partial charge in [-0.1, -0.05) is 24.3 Å². The van der Waals surface area contributed by atoms with Crippen LogP contribution in [0.3, 0.4) is 0 Å². The molecule has 0 atom stereocenters. The zero-order valence-corrected chi connectivity index (χ0v) is 18.1. The highest BCUT2D eigenvalue weighted by Crippen LogP contribution is 2.41. The van der Waals surface area contributed by atoms with E-state index in [0.29, 0.717) is 17.2 Å². The van der Waals surface area contributed by atoms with Gasteiger partial charge in [0.1, 0.15) is 4.91 Å². The number of hydrogen-bond acceptors (Lipinski definition) is 6. The number of aryl methyl sites for hydroxylation is 1. The van der Waals surface area contributed by atoms with Crippen LogP contribution in [0.25, 0.3) is 0 Å². The smallest absolute Gasteiger partial charge is 0.214 e. The Labute approximate surface area is 181 Å². The molecule has 3 aromatic rings. The highest BCUT2D eigenvalue weighted by molar-refractivity contribution is 7.96. The van der Waals surface area contributed by atoms with Crippen LogP contribution in [-0.4, -0.2) is 28.4 Å². The van der Waals surface area contributed by atoms with Gasteiger partial charge < -0.3 is 14.4 Å². The number of anilines is 2. The number of rotatable bonds is 5. The number of allylic oxidation sites excluding steroid dienone is 1. The van der Waals surface area contributed by atoms with Gasteiger partial charge in [0.05, 0.1) is 24.8 Å². The number of sulfone groups is 1. The van der Waals surface area contributed by atoms with Crippen molar-refractivity contribution in [1.29, 1.82) is 0 Å². The van der Waals surface area contributed by atoms with Gasteiger partial charge in [-0.3, -0.25) is 4.79 Å². The number of para-hydroxylation sites is 1. The summed E-state index contributed by atoms with van der Waals surface area (Å²) in [5.74, 6) is 0.178. The lowest BCUT2D eigenvalue weighted by Gasteiger charge is -2.29. The van der Waals surface area contributed by atoms with E-state index < -0.39 is 15.6 Å². The van der Waals surface area contributed by atoms with Gasteiger partial charge in [0.15, 0.2) is 11.5 Å². The highest BCUT2D eigenvalue weighted by atomic mass is 32.2. The van der Waals surface area contributed by atoms with Gasteiger partial charge in [-0.15, -0.1) is 0 Å². The number of hydrogen-bond donors (Lipinski definition) is 0. The third kappa shape index (κ3) is 3.57. The molecule has 31 heavy (non-hydrogen) atoms. The first kappa shape index (κ1) is 20.7. The van der Waals surface area contributed by atoms with Crippen molar-refractivity contribution in [3.05, 3.63) is 89.0 Å². The Morgan fingerprint density at radius 1 is 0.871 bits per heavy atom. The molecule has 0 unspecified atom stereocenters. The van der Waals surface area contributed by atoms with Crippen LogP contribution in [0, 0.1) is 6.92 Å². The average molecular weight is 436 g/mol. The fourth-order valence-corrected chi connectivity index (χ4v) is 5.09. The lowest BCUT2D eigenvalue weighted by atomic mass is 10.1. The molecule has 3 aromatic carbocycles. The molecule has 7 heteroatoms. The molecule has 4 rings (SSSR count). The predicted molar refractivity (Wildman–Crippen MR) is 119 cm³/mol. The number of Topliss-reactive ketones (excluding diaryl/α,β-unsaturated/α-hetero) is 1. The van der Waals surface area contributed by atoms with E-state index in [2.05, 4.69) is 0 Å². The number of carbonyl (C=O) groups excluding carboxylic acids is 1. The maximum Gasteiger partial charge on any atom is 0.214 e. The first-order valence-electron chi connectivity index (χ1n) is 9.55. The monoisotopic (exact) mass is 435 g/mol. The third-order valence-electron chi connectivity index (χ3n) is 5.10. The van der Waals surface area contributed by atoms with Crippen LogP contribution in [0.1, 0.15) is 15.9 Å². The minimum Gasteiger partial charge on any atom is -0.493 e. The van der Waals surface area contributed by atoms with Gasteiger partial charge in [-0.25, -0.2) is 8.42 Å². The fraction of sp³-hybridized carbons (Fsp3) is 0.125. The van der Waals surface area contributed by atoms with E-state index in [9.17, 15) is 13.2 Å². The van der Waals surface area contributed by atoms with Crippen LogP contribution in [0.15, 0.2) is 82.7 Å². The standard InChI is InChI=1S/C24H21NO5S/c1-16-7-6-8-18(13-16)25-15-23(31(27,28)22-10-5-4-9-19(22)25)24(26)17-11-12-20(29-2)21(14-17)30-3/h4-15H,1-3H3. The molecule has 1 heterocycles. The molecule has 0 bridgehead atoms. The topological polar surface area (TPSA) is 72.9 Å². The first-order valence-corrected chi connectivity index (χ1v) is 11.0. The Bertz CT molecular complexity index is 1310. The maximum absolute atomic E-state index is 13.4. The summed E-state index contributed by atoms with van der Waals surface area (Å²) in [5.41, 5.74) is 2.47. The van der Waals surface area contributed by atoms with E-state index in [1.807, 2.05) is 31.2 Å². The van der Waals surface area contributed by atoms with Crippen molar-refractivity contribution in [3.8, 4) is 11.5 Å². The van der Waals surface area contributed by atoms with Crippen LogP contribution in [0.2, 0.25) is 0 Å². The summed E-state index contributed by atoms with van der Waals surface area (Å²) in [7, 11) is -1.07. The molecule has 0 aromatic heterocycles. The molecule has 0 N–H and O–H groups in total. The minimum atomic E-state index is -4.02. The molecule has 0 saturated heterocycles. The Kier molecular flexibility index (Phi) is 5.29. The Balaban J connectivity index is 1.89. The van der Waals surface area contributed by atoms with Gasteiger partial charge in [0.25, 0.3) is 0 Å². The van der Waals surface area contributed by atoms with Crippen molar-refractivity contribution in [2.45, 2.75) is 11.8 Å². The van der Waals surface area contributed by atoms with Crippen molar-refractivity contribution in [1.82, 2.24) is 0 Å². The van der Waals surface area contributed by atoms with Crippen LogP contribution < -0.4 is 14.4 Å². The van der Waals surface area contributed by atoms with E-state index in [0.717, 1.165) is 11.3 Å². The van der Waals surface area contributed by atoms with Gasteiger partial charge in [0.2, 0.25) is 15.6 Å². The van der Waals surface area contributed by atoms with E-state index in [4.69, 9.17) is 9.47 Å². The normalized spacial score (nSPS) is 14.4. The molecule has 1 aliphatic rings. The van der Waals surface area contributed by atoms with E-state index in [1.54, 1.807) is 29.2 Å². The summed E-state index contributed by atoms with van der Waals surface area (Å²) >= 11 is 0. The third-order valence-corrected chi connectivity index (χ3v) is 6.89. The van der Waals surface area contributed by atoms with E-state index in [1.165, 1.54) is 38.6 Å². The summed E-state index contributed by atoms with van der Waals surface area (Å²) in [6.45, 7) is 1.95. The first-order chi connectivity index (χ1) is 14.9. The minimum absolute atomic E-state index is 0.0860. The zero-order valence-electron chi connectivity index (χ0n) is 17.3. The summed E-state index contributed by atoms with van der Waals surface area (Å²) in [5, 5.41) is 0. The number of carbonyl (C=O) groups is 1. The SMILES string of the molecule is COc1ccc(C(=O)C2=CN(c3cccc(C)c3)c3ccccc3S2(=O)=O)cc1OC. The number of fused-ring (bicyclic) bond motifs is 1. The van der Waals surface area contributed by atoms with Crippen LogP contribution in [-0.2, 0) is 9.84 Å². The molecule has 0 saturated carbocycles. The molecule has 0 spiro atoms. The van der Waals surface area contributed by atoms with Gasteiger partial charge in [-0.2, -0.15) is 0 Å². The maximum atomic E-state index is 13.4. The van der Waals surface area contributed by atoms with Crippen LogP contribution in [0.5, 0.6) is 11.5 Å². The fourth-order valence-electron chi connectivity index (χ4n) is 3.55. The second-order valence-electron chi connectivity index (χ2n) is 7.07. The van der Waals surface area contributed by atoms with Gasteiger partial charge in [0, 0.05) is 17.5 Å². The number of methoxy groups -OCH3 is 2. The number of benzene rings is 3. The van der Waals surface area contributed by atoms with E-state index in [-0.39, 0.29) is 15.4 Å². The quantitative estimate of drug-likeness (QED) is 0.543. The van der Waals surface area contributed by atoms with Crippen molar-refractivity contribution in [2.24, 2.45) is 0 Å². The molecular weight excluding hydrogens is 414 g/mol. The predicted octanol–water partition coefficient (Wildman–Crippen LogP) is 4.66. The van der Waals surface area contributed by atoms with E-state index >= 15 is 0 Å². The number of nitrogens with zero attached hydrogens (tertiary/aromatic N) is 1. The Morgan fingerprint density at radius 3 is 2.32 bits per heavy atom. The molecule has 0 amide bonds. The summed E-state index contributed by atoms with van der Waals surface area (Å²) in [6, 6.07) is 18.9. The van der Waals surface area contributed by atoms with Crippen molar-refractivity contribution in [2.75, 3.05) is 19.1 Å². The lowest BCUT2D eigenvalue weighted by Crippen LogP contribution is -2.25. The zero-order chi connectivity index (χ0) is 22.2.